The number of phosphoric acid groups is 2. The van der Waals surface area contributed by atoms with Crippen LogP contribution in [0, 0.1) is 23.7 Å². The zero-order valence-corrected chi connectivity index (χ0v) is 68.3. The highest BCUT2D eigenvalue weighted by molar-refractivity contribution is 7.47. The largest absolute Gasteiger partial charge is 0.472 e. The van der Waals surface area contributed by atoms with E-state index in [9.17, 15) is 43.2 Å². The number of phosphoric ester groups is 2. The van der Waals surface area contributed by atoms with Gasteiger partial charge >= 0.3 is 39.5 Å². The van der Waals surface area contributed by atoms with E-state index in [1.54, 1.807) is 0 Å². The summed E-state index contributed by atoms with van der Waals surface area (Å²) in [5, 5.41) is 10.6. The summed E-state index contributed by atoms with van der Waals surface area (Å²) in [5.41, 5.74) is 0. The van der Waals surface area contributed by atoms with Gasteiger partial charge in [-0.2, -0.15) is 0 Å². The Hall–Kier alpha value is -1.94. The lowest BCUT2D eigenvalue weighted by molar-refractivity contribution is -0.161. The molecule has 600 valence electrons. The molecule has 0 aliphatic carbocycles. The van der Waals surface area contributed by atoms with Crippen LogP contribution in [0.1, 0.15) is 421 Å². The maximum absolute atomic E-state index is 13.1. The first-order chi connectivity index (χ1) is 48.6. The van der Waals surface area contributed by atoms with Crippen molar-refractivity contribution in [2.24, 2.45) is 23.7 Å². The van der Waals surface area contributed by atoms with Crippen LogP contribution < -0.4 is 0 Å². The molecule has 3 N–H and O–H groups in total. The smallest absolute Gasteiger partial charge is 0.462 e. The minimum absolute atomic E-state index is 0.107. The van der Waals surface area contributed by atoms with Crippen LogP contribution in [0.2, 0.25) is 0 Å². The van der Waals surface area contributed by atoms with E-state index >= 15 is 0 Å². The second-order valence-electron chi connectivity index (χ2n) is 31.2. The van der Waals surface area contributed by atoms with Gasteiger partial charge in [-0.25, -0.2) is 9.13 Å². The van der Waals surface area contributed by atoms with E-state index in [4.69, 9.17) is 37.0 Å². The van der Waals surface area contributed by atoms with Gasteiger partial charge in [0.25, 0.3) is 0 Å². The third-order valence-electron chi connectivity index (χ3n) is 19.4. The summed E-state index contributed by atoms with van der Waals surface area (Å²) < 4.78 is 68.7. The fraction of sp³-hybridized carbons (Fsp3) is 0.951. The number of aliphatic hydroxyl groups excluding tert-OH is 1. The van der Waals surface area contributed by atoms with E-state index in [0.29, 0.717) is 31.6 Å². The zero-order chi connectivity index (χ0) is 74.6. The Balaban J connectivity index is 5.20. The molecular weight excluding hydrogens is 1320 g/mol. The van der Waals surface area contributed by atoms with E-state index in [2.05, 4.69) is 55.4 Å². The highest BCUT2D eigenvalue weighted by Gasteiger charge is 2.30. The maximum atomic E-state index is 13.1. The average molecular weight is 1480 g/mol. The van der Waals surface area contributed by atoms with Gasteiger partial charge in [0.15, 0.2) is 12.2 Å². The third-order valence-corrected chi connectivity index (χ3v) is 21.3. The molecule has 17 nitrogen and oxygen atoms in total. The Kier molecular flexibility index (Phi) is 69.6. The number of carbonyl (C=O) groups is 4. The molecule has 0 aromatic carbocycles. The molecule has 0 aliphatic rings. The van der Waals surface area contributed by atoms with Crippen LogP contribution in [0.3, 0.4) is 0 Å². The van der Waals surface area contributed by atoms with Gasteiger partial charge in [0.1, 0.15) is 19.3 Å². The number of esters is 4. The third kappa shape index (κ3) is 74.7. The Labute approximate surface area is 619 Å². The van der Waals surface area contributed by atoms with Gasteiger partial charge in [-0.1, -0.05) is 370 Å². The van der Waals surface area contributed by atoms with Crippen LogP contribution in [0.25, 0.3) is 0 Å². The molecule has 0 saturated heterocycles. The highest BCUT2D eigenvalue weighted by Crippen LogP contribution is 2.45. The minimum atomic E-state index is -4.96. The van der Waals surface area contributed by atoms with Crippen molar-refractivity contribution in [3.63, 3.8) is 0 Å². The number of aliphatic hydroxyl groups is 1. The van der Waals surface area contributed by atoms with Gasteiger partial charge < -0.3 is 33.8 Å². The summed E-state index contributed by atoms with van der Waals surface area (Å²) in [6, 6.07) is 0. The van der Waals surface area contributed by atoms with Gasteiger partial charge in [-0.3, -0.25) is 37.3 Å². The van der Waals surface area contributed by atoms with Crippen LogP contribution in [-0.2, 0) is 65.4 Å². The normalized spacial score (nSPS) is 14.3. The summed E-state index contributed by atoms with van der Waals surface area (Å²) in [4.78, 5) is 73.0. The van der Waals surface area contributed by atoms with E-state index in [0.717, 1.165) is 114 Å². The predicted octanol–water partition coefficient (Wildman–Crippen LogP) is 24.4. The lowest BCUT2D eigenvalue weighted by Crippen LogP contribution is -2.30. The number of carbonyl (C=O) groups excluding carboxylic acids is 4. The molecule has 0 amide bonds. The molecule has 19 heteroatoms. The second kappa shape index (κ2) is 71.0. The predicted molar refractivity (Wildman–Crippen MR) is 414 cm³/mol. The number of rotatable bonds is 79. The van der Waals surface area contributed by atoms with Crippen molar-refractivity contribution in [3.8, 4) is 0 Å². The fourth-order valence-electron chi connectivity index (χ4n) is 12.6. The number of ether oxygens (including phenoxy) is 4. The number of unbranched alkanes of at least 4 members (excludes halogenated alkanes) is 44. The SMILES string of the molecule is CCC(C)CCCCCCCCCCCCCCCCC(=O)O[C@H](COC(=O)CCCCCCCCCC(C)C)COP(=O)(O)OCC(O)COP(=O)(O)OC[C@@H](COC(=O)CCCCCCCCCCCC(C)C)OC(=O)CCCCCCCCCCCCCCCCCCCCC(C)C. The Bertz CT molecular complexity index is 1970. The number of hydrogen-bond donors (Lipinski definition) is 3. The average Bonchev–Trinajstić information content (AvgIpc) is 0.931. The van der Waals surface area contributed by atoms with Crippen LogP contribution in [0.5, 0.6) is 0 Å². The molecule has 0 saturated carbocycles. The molecule has 0 fully saturated rings. The van der Waals surface area contributed by atoms with Crippen LogP contribution >= 0.6 is 15.6 Å². The molecule has 0 aliphatic heterocycles. The standard InChI is InChI=1S/C82H160O17P2/c1-9-75(8)61-53-45-37-29-23-19-16-17-21-25-31-40-49-57-65-82(87)99-78(69-93-80(85)63-55-47-41-33-36-44-52-60-74(6)7)71-97-101(90,91)95-67-76(83)66-94-100(88,89)96-70-77(68-92-79(84)62-54-46-38-32-26-28-35-43-51-59-73(4)5)98-81(86)64-56-48-39-30-24-20-15-13-11-10-12-14-18-22-27-34-42-50-58-72(2)3/h72-78,83H,9-71H2,1-8H3,(H,88,89)(H,90,91)/t75?,76?,77-,78-/m1/s1. The zero-order valence-electron chi connectivity index (χ0n) is 66.5. The monoisotopic (exact) mass is 1480 g/mol. The van der Waals surface area contributed by atoms with E-state index in [1.807, 2.05) is 0 Å². The molecule has 0 heterocycles. The second-order valence-corrected chi connectivity index (χ2v) is 34.1. The van der Waals surface area contributed by atoms with Gasteiger partial charge in [-0.15, -0.1) is 0 Å². The van der Waals surface area contributed by atoms with Crippen molar-refractivity contribution >= 4 is 39.5 Å². The molecule has 0 spiro atoms. The van der Waals surface area contributed by atoms with Crippen molar-refractivity contribution in [2.45, 2.75) is 440 Å². The highest BCUT2D eigenvalue weighted by atomic mass is 31.2. The minimum Gasteiger partial charge on any atom is -0.462 e. The van der Waals surface area contributed by atoms with Crippen molar-refractivity contribution in [1.82, 2.24) is 0 Å². The van der Waals surface area contributed by atoms with E-state index in [-0.39, 0.29) is 25.7 Å². The quantitative estimate of drug-likeness (QED) is 0.0222. The lowest BCUT2D eigenvalue weighted by Gasteiger charge is -2.21. The molecular formula is C82H160O17P2. The van der Waals surface area contributed by atoms with Crippen LogP contribution in [-0.4, -0.2) is 96.7 Å². The van der Waals surface area contributed by atoms with Gasteiger partial charge in [0.05, 0.1) is 26.4 Å². The Morgan fingerprint density at radius 3 is 0.703 bits per heavy atom. The molecule has 0 aromatic heterocycles. The fourth-order valence-corrected chi connectivity index (χ4v) is 14.2. The van der Waals surface area contributed by atoms with Crippen molar-refractivity contribution in [3.05, 3.63) is 0 Å². The first-order valence-electron chi connectivity index (χ1n) is 42.2. The first kappa shape index (κ1) is 99.1. The summed E-state index contributed by atoms with van der Waals surface area (Å²) in [6.45, 7) is 14.3. The maximum Gasteiger partial charge on any atom is 0.472 e. The first-order valence-corrected chi connectivity index (χ1v) is 45.2. The van der Waals surface area contributed by atoms with Crippen LogP contribution in [0.4, 0.5) is 0 Å². The molecule has 101 heavy (non-hydrogen) atoms. The lowest BCUT2D eigenvalue weighted by atomic mass is 9.99. The summed E-state index contributed by atoms with van der Waals surface area (Å²) in [6.07, 6.45) is 58.4. The number of hydrogen-bond acceptors (Lipinski definition) is 15. The summed E-state index contributed by atoms with van der Waals surface area (Å²) >= 11 is 0. The summed E-state index contributed by atoms with van der Waals surface area (Å²) in [5.74, 6) is 1.00. The van der Waals surface area contributed by atoms with Gasteiger partial charge in [0, 0.05) is 25.7 Å². The molecule has 6 atom stereocenters. The molecule has 0 rings (SSSR count). The van der Waals surface area contributed by atoms with E-state index < -0.39 is 97.5 Å². The van der Waals surface area contributed by atoms with Crippen molar-refractivity contribution in [2.75, 3.05) is 39.6 Å². The van der Waals surface area contributed by atoms with Crippen molar-refractivity contribution in [1.29, 1.82) is 0 Å². The topological polar surface area (TPSA) is 237 Å². The molecule has 0 radical (unpaired) electrons. The Morgan fingerprint density at radius 2 is 0.475 bits per heavy atom. The molecule has 0 bridgehead atoms. The summed E-state index contributed by atoms with van der Waals surface area (Å²) in [7, 11) is -9.92. The van der Waals surface area contributed by atoms with Crippen LogP contribution in [0.15, 0.2) is 0 Å². The van der Waals surface area contributed by atoms with Gasteiger partial charge in [0.2, 0.25) is 0 Å². The van der Waals surface area contributed by atoms with Gasteiger partial charge in [-0.05, 0) is 49.4 Å². The molecule has 0 aromatic rings. The van der Waals surface area contributed by atoms with E-state index in [1.165, 1.54) is 218 Å². The Morgan fingerprint density at radius 1 is 0.277 bits per heavy atom. The molecule has 4 unspecified atom stereocenters. The van der Waals surface area contributed by atoms with Crippen molar-refractivity contribution < 1.29 is 80.2 Å².